The number of halogens is 1. The van der Waals surface area contributed by atoms with Crippen LogP contribution in [0.4, 0.5) is 4.39 Å². The molecular formula is C17H16FNO2S. The molecular weight excluding hydrogens is 301 g/mol. The SMILES string of the molecule is Cc1ccc(S(=O)(=O)NCC#Cc2ccccc2F)c(C)c1. The molecule has 0 radical (unpaired) electrons. The molecule has 2 aromatic carbocycles. The Morgan fingerprint density at radius 2 is 1.86 bits per heavy atom. The summed E-state index contributed by atoms with van der Waals surface area (Å²) in [6.45, 7) is 3.56. The van der Waals surface area contributed by atoms with Crippen molar-refractivity contribution in [3.05, 3.63) is 65.0 Å². The summed E-state index contributed by atoms with van der Waals surface area (Å²) >= 11 is 0. The molecule has 114 valence electrons. The van der Waals surface area contributed by atoms with Crippen LogP contribution < -0.4 is 4.72 Å². The number of rotatable bonds is 3. The van der Waals surface area contributed by atoms with E-state index in [4.69, 9.17) is 0 Å². The number of hydrogen-bond donors (Lipinski definition) is 1. The summed E-state index contributed by atoms with van der Waals surface area (Å²) in [6.07, 6.45) is 0. The second-order valence-corrected chi connectivity index (χ2v) is 6.61. The van der Waals surface area contributed by atoms with Gasteiger partial charge in [-0.05, 0) is 37.6 Å². The molecule has 0 saturated carbocycles. The molecule has 0 saturated heterocycles. The molecule has 5 heteroatoms. The molecule has 0 bridgehead atoms. The van der Waals surface area contributed by atoms with Gasteiger partial charge in [-0.1, -0.05) is 41.7 Å². The first-order valence-corrected chi connectivity index (χ1v) is 8.19. The Balaban J connectivity index is 2.10. The van der Waals surface area contributed by atoms with E-state index in [0.717, 1.165) is 5.56 Å². The zero-order chi connectivity index (χ0) is 16.2. The van der Waals surface area contributed by atoms with E-state index in [1.165, 1.54) is 6.07 Å². The van der Waals surface area contributed by atoms with Gasteiger partial charge in [0.2, 0.25) is 10.0 Å². The second kappa shape index (κ2) is 6.73. The Hall–Kier alpha value is -2.16. The number of hydrogen-bond acceptors (Lipinski definition) is 2. The van der Waals surface area contributed by atoms with Crippen LogP contribution in [-0.4, -0.2) is 15.0 Å². The van der Waals surface area contributed by atoms with Crippen LogP contribution in [-0.2, 0) is 10.0 Å². The first-order chi connectivity index (χ1) is 10.4. The normalized spacial score (nSPS) is 10.9. The molecule has 0 aliphatic carbocycles. The van der Waals surface area contributed by atoms with Crippen molar-refractivity contribution in [2.45, 2.75) is 18.7 Å². The summed E-state index contributed by atoms with van der Waals surface area (Å²) in [5.41, 5.74) is 1.92. The smallest absolute Gasteiger partial charge is 0.207 e. The fourth-order valence-corrected chi connectivity index (χ4v) is 3.16. The van der Waals surface area contributed by atoms with E-state index in [1.54, 1.807) is 43.3 Å². The van der Waals surface area contributed by atoms with Gasteiger partial charge in [0.05, 0.1) is 17.0 Å². The standard InChI is InChI=1S/C17H16FNO2S/c1-13-9-10-17(14(2)12-13)22(20,21)19-11-5-7-15-6-3-4-8-16(15)18/h3-4,6,8-10,12,19H,11H2,1-2H3. The highest BCUT2D eigenvalue weighted by Gasteiger charge is 2.15. The predicted octanol–water partition coefficient (Wildman–Crippen LogP) is 2.77. The van der Waals surface area contributed by atoms with Crippen LogP contribution in [0, 0.1) is 31.5 Å². The molecule has 22 heavy (non-hydrogen) atoms. The molecule has 0 atom stereocenters. The lowest BCUT2D eigenvalue weighted by molar-refractivity contribution is 0.585. The molecule has 0 amide bonds. The maximum atomic E-state index is 13.4. The van der Waals surface area contributed by atoms with Crippen LogP contribution in [0.2, 0.25) is 0 Å². The summed E-state index contributed by atoms with van der Waals surface area (Å²) in [4.78, 5) is 0.228. The van der Waals surface area contributed by atoms with Crippen LogP contribution in [0.5, 0.6) is 0 Å². The minimum atomic E-state index is -3.62. The van der Waals surface area contributed by atoms with Gasteiger partial charge in [0.1, 0.15) is 5.82 Å². The van der Waals surface area contributed by atoms with Gasteiger partial charge in [0, 0.05) is 0 Å². The van der Waals surface area contributed by atoms with E-state index in [1.807, 2.05) is 6.92 Å². The van der Waals surface area contributed by atoms with Crippen LogP contribution in [0.15, 0.2) is 47.4 Å². The van der Waals surface area contributed by atoms with Gasteiger partial charge in [-0.25, -0.2) is 12.8 Å². The second-order valence-electron chi connectivity index (χ2n) is 4.88. The fraction of sp³-hybridized carbons (Fsp3) is 0.176. The van der Waals surface area contributed by atoms with Crippen LogP contribution in [0.1, 0.15) is 16.7 Å². The molecule has 0 aliphatic rings. The van der Waals surface area contributed by atoms with E-state index >= 15 is 0 Å². The highest BCUT2D eigenvalue weighted by atomic mass is 32.2. The van der Waals surface area contributed by atoms with Crippen molar-refractivity contribution in [3.63, 3.8) is 0 Å². The number of aryl methyl sites for hydroxylation is 2. The topological polar surface area (TPSA) is 46.2 Å². The van der Waals surface area contributed by atoms with E-state index in [-0.39, 0.29) is 17.0 Å². The van der Waals surface area contributed by atoms with E-state index < -0.39 is 15.8 Å². The zero-order valence-electron chi connectivity index (χ0n) is 12.4. The summed E-state index contributed by atoms with van der Waals surface area (Å²) in [7, 11) is -3.62. The fourth-order valence-electron chi connectivity index (χ4n) is 2.01. The third-order valence-corrected chi connectivity index (χ3v) is 4.63. The highest BCUT2D eigenvalue weighted by molar-refractivity contribution is 7.89. The maximum absolute atomic E-state index is 13.4. The molecule has 0 aromatic heterocycles. The van der Waals surface area contributed by atoms with Gasteiger partial charge < -0.3 is 0 Å². The Labute approximate surface area is 130 Å². The Morgan fingerprint density at radius 3 is 2.55 bits per heavy atom. The third-order valence-electron chi connectivity index (χ3n) is 3.07. The quantitative estimate of drug-likeness (QED) is 0.885. The Morgan fingerprint density at radius 1 is 1.14 bits per heavy atom. The molecule has 1 N–H and O–H groups in total. The molecule has 0 spiro atoms. The van der Waals surface area contributed by atoms with Gasteiger partial charge in [-0.15, -0.1) is 0 Å². The predicted molar refractivity (Wildman–Crippen MR) is 84.4 cm³/mol. The van der Waals surface area contributed by atoms with Crippen molar-refractivity contribution in [1.29, 1.82) is 0 Å². The lowest BCUT2D eigenvalue weighted by Gasteiger charge is -2.07. The Bertz CT molecular complexity index is 848. The highest BCUT2D eigenvalue weighted by Crippen LogP contribution is 2.15. The third kappa shape index (κ3) is 3.94. The largest absolute Gasteiger partial charge is 0.241 e. The van der Waals surface area contributed by atoms with Gasteiger partial charge in [0.15, 0.2) is 0 Å². The van der Waals surface area contributed by atoms with Crippen molar-refractivity contribution >= 4 is 10.0 Å². The molecule has 0 unspecified atom stereocenters. The molecule has 3 nitrogen and oxygen atoms in total. The first-order valence-electron chi connectivity index (χ1n) is 6.70. The lowest BCUT2D eigenvalue weighted by atomic mass is 10.2. The Kier molecular flexibility index (Phi) is 4.96. The van der Waals surface area contributed by atoms with Gasteiger partial charge >= 0.3 is 0 Å². The minimum Gasteiger partial charge on any atom is -0.207 e. The van der Waals surface area contributed by atoms with Gasteiger partial charge in [0.25, 0.3) is 0 Å². The maximum Gasteiger partial charge on any atom is 0.241 e. The van der Waals surface area contributed by atoms with E-state index in [0.29, 0.717) is 5.56 Å². The number of nitrogens with one attached hydrogen (secondary N) is 1. The molecule has 0 heterocycles. The van der Waals surface area contributed by atoms with Gasteiger partial charge in [-0.3, -0.25) is 0 Å². The van der Waals surface area contributed by atoms with Crippen molar-refractivity contribution < 1.29 is 12.8 Å². The summed E-state index contributed by atoms with van der Waals surface area (Å²) in [5, 5.41) is 0. The van der Waals surface area contributed by atoms with Crippen molar-refractivity contribution in [1.82, 2.24) is 4.72 Å². The van der Waals surface area contributed by atoms with E-state index in [9.17, 15) is 12.8 Å². The van der Waals surface area contributed by atoms with Crippen molar-refractivity contribution in [3.8, 4) is 11.8 Å². The monoisotopic (exact) mass is 317 g/mol. The lowest BCUT2D eigenvalue weighted by Crippen LogP contribution is -2.24. The number of sulfonamides is 1. The molecule has 2 aromatic rings. The van der Waals surface area contributed by atoms with Crippen LogP contribution in [0.3, 0.4) is 0 Å². The van der Waals surface area contributed by atoms with Crippen LogP contribution >= 0.6 is 0 Å². The van der Waals surface area contributed by atoms with Crippen LogP contribution in [0.25, 0.3) is 0 Å². The number of benzene rings is 2. The van der Waals surface area contributed by atoms with E-state index in [2.05, 4.69) is 16.6 Å². The van der Waals surface area contributed by atoms with Crippen molar-refractivity contribution in [2.75, 3.05) is 6.54 Å². The average molecular weight is 317 g/mol. The summed E-state index contributed by atoms with van der Waals surface area (Å²) in [6, 6.07) is 11.2. The molecule has 0 aliphatic heterocycles. The minimum absolute atomic E-state index is 0.0794. The summed E-state index contributed by atoms with van der Waals surface area (Å²) < 4.78 is 40.1. The van der Waals surface area contributed by atoms with Gasteiger partial charge in [-0.2, -0.15) is 4.72 Å². The first kappa shape index (κ1) is 16.2. The molecule has 2 rings (SSSR count). The summed E-state index contributed by atoms with van der Waals surface area (Å²) in [5.74, 6) is 4.80. The average Bonchev–Trinajstić information content (AvgIpc) is 2.45. The zero-order valence-corrected chi connectivity index (χ0v) is 13.2. The molecule has 0 fully saturated rings. The van der Waals surface area contributed by atoms with Crippen molar-refractivity contribution in [2.24, 2.45) is 0 Å².